The van der Waals surface area contributed by atoms with Gasteiger partial charge in [0.25, 0.3) is 5.91 Å². The number of para-hydroxylation sites is 1. The number of hydrogen-bond acceptors (Lipinski definition) is 4. The van der Waals surface area contributed by atoms with Gasteiger partial charge in [-0.25, -0.2) is 4.68 Å². The van der Waals surface area contributed by atoms with E-state index in [1.54, 1.807) is 35.4 Å². The number of rotatable bonds is 6. The highest BCUT2D eigenvalue weighted by Gasteiger charge is 2.14. The molecule has 6 nitrogen and oxygen atoms in total. The maximum atomic E-state index is 12.2. The van der Waals surface area contributed by atoms with Crippen molar-refractivity contribution in [2.24, 2.45) is 0 Å². The molecule has 27 heavy (non-hydrogen) atoms. The molecule has 0 aliphatic heterocycles. The Hall–Kier alpha value is -3.98. The second kappa shape index (κ2) is 8.41. The van der Waals surface area contributed by atoms with Gasteiger partial charge in [0.2, 0.25) is 0 Å². The van der Waals surface area contributed by atoms with Gasteiger partial charge < -0.3 is 5.32 Å². The summed E-state index contributed by atoms with van der Waals surface area (Å²) in [5, 5.41) is 16.7. The van der Waals surface area contributed by atoms with Crippen LogP contribution in [0.15, 0.2) is 79.3 Å². The zero-order chi connectivity index (χ0) is 19.1. The fourth-order valence-electron chi connectivity index (χ4n) is 2.50. The highest BCUT2D eigenvalue weighted by Crippen LogP contribution is 2.25. The number of hydrogen-bond donors (Lipinski definition) is 1. The summed E-state index contributed by atoms with van der Waals surface area (Å²) in [7, 11) is 0. The summed E-state index contributed by atoms with van der Waals surface area (Å²) in [4.78, 5) is 16.2. The predicted molar refractivity (Wildman–Crippen MR) is 104 cm³/mol. The van der Waals surface area contributed by atoms with Crippen LogP contribution < -0.4 is 5.32 Å². The molecule has 2 aromatic heterocycles. The van der Waals surface area contributed by atoms with Gasteiger partial charge in [-0.2, -0.15) is 10.4 Å². The highest BCUT2D eigenvalue weighted by atomic mass is 16.1. The molecule has 0 unspecified atom stereocenters. The van der Waals surface area contributed by atoms with Crippen LogP contribution in [-0.4, -0.2) is 27.2 Å². The van der Waals surface area contributed by atoms with Gasteiger partial charge in [0, 0.05) is 36.3 Å². The molecule has 0 bridgehead atoms. The molecule has 132 valence electrons. The van der Waals surface area contributed by atoms with Crippen molar-refractivity contribution in [2.75, 3.05) is 6.54 Å². The third kappa shape index (κ3) is 4.17. The van der Waals surface area contributed by atoms with Gasteiger partial charge >= 0.3 is 0 Å². The molecule has 3 rings (SSSR count). The van der Waals surface area contributed by atoms with E-state index in [0.717, 1.165) is 11.3 Å². The zero-order valence-corrected chi connectivity index (χ0v) is 14.5. The van der Waals surface area contributed by atoms with Gasteiger partial charge in [-0.05, 0) is 30.3 Å². The number of nitriles is 1. The van der Waals surface area contributed by atoms with Crippen LogP contribution in [0.1, 0.15) is 5.56 Å². The van der Waals surface area contributed by atoms with Crippen LogP contribution in [0.4, 0.5) is 0 Å². The molecule has 0 aliphatic rings. The minimum atomic E-state index is -0.453. The van der Waals surface area contributed by atoms with Gasteiger partial charge in [0.1, 0.15) is 17.3 Å². The quantitative estimate of drug-likeness (QED) is 0.418. The average molecular weight is 355 g/mol. The van der Waals surface area contributed by atoms with E-state index in [4.69, 9.17) is 0 Å². The first-order valence-electron chi connectivity index (χ1n) is 8.29. The van der Waals surface area contributed by atoms with Crippen molar-refractivity contribution in [3.05, 3.63) is 84.8 Å². The lowest BCUT2D eigenvalue weighted by Crippen LogP contribution is -2.24. The van der Waals surface area contributed by atoms with Crippen molar-refractivity contribution >= 4 is 12.0 Å². The van der Waals surface area contributed by atoms with E-state index in [1.165, 1.54) is 0 Å². The lowest BCUT2D eigenvalue weighted by molar-refractivity contribution is -0.116. The number of carbonyl (C=O) groups is 1. The monoisotopic (exact) mass is 355 g/mol. The van der Waals surface area contributed by atoms with Gasteiger partial charge in [-0.15, -0.1) is 6.58 Å². The lowest BCUT2D eigenvalue weighted by Gasteiger charge is -2.01. The number of nitrogens with one attached hydrogen (secondary N) is 1. The molecule has 0 atom stereocenters. The van der Waals surface area contributed by atoms with Crippen LogP contribution in [0.25, 0.3) is 23.0 Å². The minimum Gasteiger partial charge on any atom is -0.348 e. The van der Waals surface area contributed by atoms with Crippen molar-refractivity contribution in [3.8, 4) is 23.0 Å². The van der Waals surface area contributed by atoms with Crippen LogP contribution in [0.2, 0.25) is 0 Å². The topological polar surface area (TPSA) is 83.6 Å². The predicted octanol–water partition coefficient (Wildman–Crippen LogP) is 3.14. The Balaban J connectivity index is 2.09. The van der Waals surface area contributed by atoms with E-state index in [-0.39, 0.29) is 5.57 Å². The SMILES string of the molecule is C=CCNC(=O)/C(C#N)=C\c1cn(-c2ccccc2)nc1-c1ccncc1. The van der Waals surface area contributed by atoms with E-state index < -0.39 is 5.91 Å². The normalized spacial score (nSPS) is 10.9. The largest absolute Gasteiger partial charge is 0.348 e. The standard InChI is InChI=1S/C21H17N5O/c1-2-10-24-21(27)17(14-22)13-18-15-26(19-6-4-3-5-7-19)25-20(18)16-8-11-23-12-9-16/h2-9,11-13,15H,1,10H2,(H,24,27)/b17-13-. The number of pyridine rings is 1. The Morgan fingerprint density at radius 1 is 1.22 bits per heavy atom. The maximum absolute atomic E-state index is 12.2. The molecular formula is C21H17N5O. The second-order valence-corrected chi connectivity index (χ2v) is 5.62. The number of nitrogens with zero attached hydrogens (tertiary/aromatic N) is 4. The molecule has 1 amide bonds. The third-order valence-corrected chi connectivity index (χ3v) is 3.79. The minimum absolute atomic E-state index is 0.000215. The summed E-state index contributed by atoms with van der Waals surface area (Å²) in [6, 6.07) is 15.2. The fourth-order valence-corrected chi connectivity index (χ4v) is 2.50. The molecule has 0 saturated carbocycles. The molecule has 6 heteroatoms. The first-order valence-corrected chi connectivity index (χ1v) is 8.29. The van der Waals surface area contributed by atoms with Crippen LogP contribution in [-0.2, 0) is 4.79 Å². The molecule has 3 aromatic rings. The van der Waals surface area contributed by atoms with Gasteiger partial charge in [0.15, 0.2) is 0 Å². The lowest BCUT2D eigenvalue weighted by atomic mass is 10.1. The average Bonchev–Trinajstić information content (AvgIpc) is 3.15. The third-order valence-electron chi connectivity index (χ3n) is 3.79. The van der Waals surface area contributed by atoms with Crippen LogP contribution >= 0.6 is 0 Å². The molecule has 0 aliphatic carbocycles. The van der Waals surface area contributed by atoms with Gasteiger partial charge in [0.05, 0.1) is 5.69 Å². The van der Waals surface area contributed by atoms with E-state index in [2.05, 4.69) is 22.0 Å². The van der Waals surface area contributed by atoms with Crippen molar-refractivity contribution < 1.29 is 4.79 Å². The van der Waals surface area contributed by atoms with Crippen LogP contribution in [0.3, 0.4) is 0 Å². The first kappa shape index (κ1) is 17.8. The molecule has 0 saturated heterocycles. The maximum Gasteiger partial charge on any atom is 0.262 e. The Morgan fingerprint density at radius 3 is 2.63 bits per heavy atom. The molecule has 0 spiro atoms. The summed E-state index contributed by atoms with van der Waals surface area (Å²) >= 11 is 0. The zero-order valence-electron chi connectivity index (χ0n) is 14.5. The van der Waals surface area contributed by atoms with Crippen molar-refractivity contribution in [3.63, 3.8) is 0 Å². The highest BCUT2D eigenvalue weighted by molar-refractivity contribution is 6.02. The number of benzene rings is 1. The Morgan fingerprint density at radius 2 is 1.96 bits per heavy atom. The van der Waals surface area contributed by atoms with Gasteiger partial charge in [-0.1, -0.05) is 24.3 Å². The fraction of sp³-hybridized carbons (Fsp3) is 0.0476. The van der Waals surface area contributed by atoms with E-state index in [0.29, 0.717) is 17.8 Å². The van der Waals surface area contributed by atoms with E-state index >= 15 is 0 Å². The van der Waals surface area contributed by atoms with Crippen molar-refractivity contribution in [2.45, 2.75) is 0 Å². The van der Waals surface area contributed by atoms with E-state index in [1.807, 2.05) is 48.5 Å². The molecule has 2 heterocycles. The van der Waals surface area contributed by atoms with Crippen molar-refractivity contribution in [1.29, 1.82) is 5.26 Å². The molecule has 0 radical (unpaired) electrons. The Bertz CT molecular complexity index is 1010. The molecule has 1 aromatic carbocycles. The number of amides is 1. The summed E-state index contributed by atoms with van der Waals surface area (Å²) < 4.78 is 1.72. The first-order chi connectivity index (χ1) is 13.2. The smallest absolute Gasteiger partial charge is 0.262 e. The Labute approximate surface area is 157 Å². The summed E-state index contributed by atoms with van der Waals surface area (Å²) in [6.07, 6.45) is 8.24. The summed E-state index contributed by atoms with van der Waals surface area (Å²) in [5.41, 5.74) is 3.04. The van der Waals surface area contributed by atoms with Crippen LogP contribution in [0, 0.1) is 11.3 Å². The second-order valence-electron chi connectivity index (χ2n) is 5.62. The number of aromatic nitrogens is 3. The molecule has 1 N–H and O–H groups in total. The summed E-state index contributed by atoms with van der Waals surface area (Å²) in [6.45, 7) is 3.85. The van der Waals surface area contributed by atoms with Gasteiger partial charge in [-0.3, -0.25) is 9.78 Å². The van der Waals surface area contributed by atoms with Crippen molar-refractivity contribution in [1.82, 2.24) is 20.1 Å². The number of carbonyl (C=O) groups excluding carboxylic acids is 1. The Kier molecular flexibility index (Phi) is 5.55. The molecular weight excluding hydrogens is 338 g/mol. The van der Waals surface area contributed by atoms with Crippen LogP contribution in [0.5, 0.6) is 0 Å². The van der Waals surface area contributed by atoms with E-state index in [9.17, 15) is 10.1 Å². The summed E-state index contributed by atoms with van der Waals surface area (Å²) in [5.74, 6) is -0.453. The molecule has 0 fully saturated rings.